The van der Waals surface area contributed by atoms with Crippen LogP contribution in [0.3, 0.4) is 0 Å². The first-order valence-electron chi connectivity index (χ1n) is 4.49. The number of ether oxygens (including phenoxy) is 1. The van der Waals surface area contributed by atoms with Gasteiger partial charge in [-0.3, -0.25) is 0 Å². The highest BCUT2D eigenvalue weighted by molar-refractivity contribution is 5.09. The molecule has 4 unspecified atom stereocenters. The Balaban J connectivity index is 1.92. The number of hydrogen-bond donors (Lipinski definition) is 0. The summed E-state index contributed by atoms with van der Waals surface area (Å²) < 4.78 is 6.48. The molecule has 4 fully saturated rings. The molecule has 0 saturated carbocycles. The van der Waals surface area contributed by atoms with Crippen LogP contribution in [-0.2, 0) is 9.57 Å². The van der Waals surface area contributed by atoms with Crippen molar-refractivity contribution in [1.82, 2.24) is 0 Å². The van der Waals surface area contributed by atoms with Crippen LogP contribution >= 0.6 is 0 Å². The van der Waals surface area contributed by atoms with Crippen LogP contribution < -0.4 is 0 Å². The predicted octanol–water partition coefficient (Wildman–Crippen LogP) is 0.0588. The van der Waals surface area contributed by atoms with Gasteiger partial charge in [-0.15, -0.1) is 0 Å². The number of hydrogen-bond acceptors (Lipinski definition) is 2. The summed E-state index contributed by atoms with van der Waals surface area (Å²) in [6.45, 7) is 0. The van der Waals surface area contributed by atoms with Gasteiger partial charge in [-0.05, 0) is 0 Å². The molecule has 0 spiro atoms. The first kappa shape index (κ1) is 5.51. The molecule has 60 valence electrons. The van der Waals surface area contributed by atoms with Gasteiger partial charge >= 0.3 is 0 Å². The number of quaternary nitrogens is 1. The molecule has 4 aliphatic heterocycles. The Morgan fingerprint density at radius 3 is 2.27 bits per heavy atom. The molecular formula is C8H12NO2+. The smallest absolute Gasteiger partial charge is 0.151 e. The predicted molar refractivity (Wildman–Crippen MR) is 36.5 cm³/mol. The zero-order chi connectivity index (χ0) is 7.22. The van der Waals surface area contributed by atoms with Crippen molar-refractivity contribution in [2.24, 2.45) is 0 Å². The van der Waals surface area contributed by atoms with E-state index in [4.69, 9.17) is 9.57 Å². The molecule has 11 heavy (non-hydrogen) atoms. The van der Waals surface area contributed by atoms with E-state index in [0.717, 1.165) is 4.65 Å². The fraction of sp³-hybridized carbons (Fsp3) is 1.00. The standard InChI is InChI=1S/C8H12NO2/c1-9-5-2-4(11-9)3-6(9)8-7(5)10-8/h4-8H,2-3H2,1H3/q+1. The zero-order valence-electron chi connectivity index (χ0n) is 6.56. The van der Waals surface area contributed by atoms with E-state index in [-0.39, 0.29) is 0 Å². The molecule has 2 bridgehead atoms. The molecule has 0 aromatic carbocycles. The number of epoxide rings is 1. The van der Waals surface area contributed by atoms with Crippen molar-refractivity contribution in [2.75, 3.05) is 7.05 Å². The van der Waals surface area contributed by atoms with Gasteiger partial charge in [-0.25, -0.2) is 0 Å². The first-order valence-corrected chi connectivity index (χ1v) is 4.49. The van der Waals surface area contributed by atoms with Crippen molar-refractivity contribution in [3.05, 3.63) is 0 Å². The van der Waals surface area contributed by atoms with E-state index in [1.54, 1.807) is 0 Å². The van der Waals surface area contributed by atoms with Crippen LogP contribution in [0.5, 0.6) is 0 Å². The van der Waals surface area contributed by atoms with E-state index in [1.165, 1.54) is 12.8 Å². The van der Waals surface area contributed by atoms with Crippen LogP contribution in [0.15, 0.2) is 0 Å². The largest absolute Gasteiger partial charge is 0.356 e. The molecule has 4 saturated heterocycles. The van der Waals surface area contributed by atoms with E-state index in [1.807, 2.05) is 0 Å². The van der Waals surface area contributed by atoms with Gasteiger partial charge in [0.25, 0.3) is 0 Å². The highest BCUT2D eigenvalue weighted by Crippen LogP contribution is 2.58. The molecule has 0 N–H and O–H groups in total. The molecule has 0 radical (unpaired) electrons. The highest BCUT2D eigenvalue weighted by Gasteiger charge is 2.78. The average molecular weight is 154 g/mol. The Morgan fingerprint density at radius 1 is 1.18 bits per heavy atom. The Kier molecular flexibility index (Phi) is 0.631. The molecule has 4 rings (SSSR count). The molecule has 4 aliphatic rings. The SMILES string of the molecule is C[N+]12OC3CC1C1OC1C2C3. The van der Waals surface area contributed by atoms with Crippen LogP contribution in [0.2, 0.25) is 0 Å². The Labute approximate surface area is 65.4 Å². The van der Waals surface area contributed by atoms with E-state index >= 15 is 0 Å². The molecule has 4 atom stereocenters. The van der Waals surface area contributed by atoms with Crippen molar-refractivity contribution in [3.63, 3.8) is 0 Å². The van der Waals surface area contributed by atoms with Crippen LogP contribution in [0, 0.1) is 0 Å². The van der Waals surface area contributed by atoms with Gasteiger partial charge in [0, 0.05) is 12.8 Å². The van der Waals surface area contributed by atoms with Gasteiger partial charge in [0.1, 0.15) is 18.3 Å². The summed E-state index contributed by atoms with van der Waals surface area (Å²) in [5, 5.41) is 0. The number of likely N-dealkylation sites (N-methyl/N-ethyl adjacent to an activating group) is 1. The maximum atomic E-state index is 5.91. The van der Waals surface area contributed by atoms with Crippen molar-refractivity contribution in [1.29, 1.82) is 0 Å². The molecule has 0 aliphatic carbocycles. The van der Waals surface area contributed by atoms with Gasteiger partial charge in [0.2, 0.25) is 0 Å². The number of rotatable bonds is 0. The first-order chi connectivity index (χ1) is 5.29. The highest BCUT2D eigenvalue weighted by atomic mass is 16.8. The van der Waals surface area contributed by atoms with Crippen LogP contribution in [0.1, 0.15) is 12.8 Å². The average Bonchev–Trinajstić information content (AvgIpc) is 2.52. The summed E-state index contributed by atoms with van der Waals surface area (Å²) in [5.74, 6) is 0. The van der Waals surface area contributed by atoms with Crippen molar-refractivity contribution < 1.29 is 14.2 Å². The van der Waals surface area contributed by atoms with Gasteiger partial charge in [0.05, 0.1) is 7.05 Å². The van der Waals surface area contributed by atoms with Crippen LogP contribution in [0.4, 0.5) is 0 Å². The fourth-order valence-corrected chi connectivity index (χ4v) is 3.47. The summed E-state index contributed by atoms with van der Waals surface area (Å²) in [7, 11) is 2.23. The third-order valence-electron chi connectivity index (χ3n) is 4.02. The lowest BCUT2D eigenvalue weighted by Crippen LogP contribution is -2.51. The fourth-order valence-electron chi connectivity index (χ4n) is 3.47. The summed E-state index contributed by atoms with van der Waals surface area (Å²) in [6, 6.07) is 1.37. The molecule has 0 aromatic rings. The summed E-state index contributed by atoms with van der Waals surface area (Å²) >= 11 is 0. The zero-order valence-corrected chi connectivity index (χ0v) is 6.56. The van der Waals surface area contributed by atoms with Gasteiger partial charge in [-0.1, -0.05) is 0 Å². The van der Waals surface area contributed by atoms with Gasteiger partial charge in [-0.2, -0.15) is 9.48 Å². The second-order valence-corrected chi connectivity index (χ2v) is 4.46. The van der Waals surface area contributed by atoms with Gasteiger partial charge in [0.15, 0.2) is 12.1 Å². The Morgan fingerprint density at radius 2 is 1.82 bits per heavy atom. The summed E-state index contributed by atoms with van der Waals surface area (Å²) in [5.41, 5.74) is 0. The van der Waals surface area contributed by atoms with Crippen molar-refractivity contribution in [3.8, 4) is 0 Å². The lowest BCUT2D eigenvalue weighted by molar-refractivity contribution is -1.09. The lowest BCUT2D eigenvalue weighted by atomic mass is 10.0. The van der Waals surface area contributed by atoms with Gasteiger partial charge < -0.3 is 4.74 Å². The monoisotopic (exact) mass is 154 g/mol. The molecule has 0 amide bonds. The van der Waals surface area contributed by atoms with E-state index < -0.39 is 0 Å². The van der Waals surface area contributed by atoms with Crippen molar-refractivity contribution in [2.45, 2.75) is 43.2 Å². The number of morpholine rings is 1. The minimum atomic E-state index is 0.561. The lowest BCUT2D eigenvalue weighted by Gasteiger charge is -2.30. The molecular weight excluding hydrogens is 142 g/mol. The third-order valence-corrected chi connectivity index (χ3v) is 4.02. The molecule has 4 heterocycles. The number of piperidine rings is 1. The van der Waals surface area contributed by atoms with Crippen LogP contribution in [0.25, 0.3) is 0 Å². The minimum Gasteiger partial charge on any atom is -0.356 e. The third kappa shape index (κ3) is 0.406. The number of hydroxylamine groups is 3. The maximum absolute atomic E-state index is 5.91. The molecule has 0 aromatic heterocycles. The number of nitrogens with zero attached hydrogens (tertiary/aromatic N) is 1. The Bertz CT molecular complexity index is 224. The molecule has 3 heteroatoms. The van der Waals surface area contributed by atoms with Crippen LogP contribution in [-0.4, -0.2) is 42.1 Å². The summed E-state index contributed by atoms with van der Waals surface area (Å²) in [4.78, 5) is 5.91. The van der Waals surface area contributed by atoms with E-state index in [2.05, 4.69) is 7.05 Å². The topological polar surface area (TPSA) is 21.8 Å². The second kappa shape index (κ2) is 1.26. The maximum Gasteiger partial charge on any atom is 0.151 e. The van der Waals surface area contributed by atoms with E-state index in [0.29, 0.717) is 30.4 Å². The minimum absolute atomic E-state index is 0.561. The Hall–Kier alpha value is -0.120. The summed E-state index contributed by atoms with van der Waals surface area (Å²) in [6.07, 6.45) is 4.18. The number of fused-ring (bicyclic) bond motifs is 4. The van der Waals surface area contributed by atoms with Crippen molar-refractivity contribution >= 4 is 0 Å². The normalized spacial score (nSPS) is 75.5. The molecule has 3 nitrogen and oxygen atoms in total. The quantitative estimate of drug-likeness (QED) is 0.363. The van der Waals surface area contributed by atoms with E-state index in [9.17, 15) is 0 Å². The second-order valence-electron chi connectivity index (χ2n) is 4.46.